The molecule has 1 aromatic carbocycles. The average molecular weight is 219 g/mol. The number of hydrogen-bond donors (Lipinski definition) is 1. The first-order valence-corrected chi connectivity index (χ1v) is 5.69. The molecular formula is C13H17NO2. The molecule has 1 aliphatic carbocycles. The van der Waals surface area contributed by atoms with Gasteiger partial charge in [-0.05, 0) is 37.6 Å². The van der Waals surface area contributed by atoms with Crippen LogP contribution < -0.4 is 0 Å². The molecule has 1 N–H and O–H groups in total. The molecule has 0 radical (unpaired) electrons. The molecule has 0 aromatic heterocycles. The summed E-state index contributed by atoms with van der Waals surface area (Å²) in [5.74, 6) is -0.854. The second-order valence-electron chi connectivity index (χ2n) is 4.51. The topological polar surface area (TPSA) is 40.5 Å². The Labute approximate surface area is 95.7 Å². The van der Waals surface area contributed by atoms with Gasteiger partial charge in [-0.1, -0.05) is 18.6 Å². The van der Waals surface area contributed by atoms with Crippen molar-refractivity contribution in [3.63, 3.8) is 0 Å². The summed E-state index contributed by atoms with van der Waals surface area (Å²) in [4.78, 5) is 13.1. The van der Waals surface area contributed by atoms with Crippen LogP contribution in [0.2, 0.25) is 0 Å². The lowest BCUT2D eigenvalue weighted by Crippen LogP contribution is -2.36. The van der Waals surface area contributed by atoms with Gasteiger partial charge in [-0.3, -0.25) is 4.90 Å². The third-order valence-corrected chi connectivity index (χ3v) is 3.30. The van der Waals surface area contributed by atoms with Crippen molar-refractivity contribution in [2.75, 3.05) is 7.05 Å². The predicted molar refractivity (Wildman–Crippen MR) is 62.5 cm³/mol. The second-order valence-corrected chi connectivity index (χ2v) is 4.51. The molecule has 3 nitrogen and oxygen atoms in total. The lowest BCUT2D eigenvalue weighted by Gasteiger charge is -2.34. The predicted octanol–water partition coefficient (Wildman–Crippen LogP) is 2.37. The van der Waals surface area contributed by atoms with E-state index in [0.29, 0.717) is 11.6 Å². The van der Waals surface area contributed by atoms with Crippen molar-refractivity contribution in [2.45, 2.75) is 31.8 Å². The van der Waals surface area contributed by atoms with Crippen LogP contribution in [-0.4, -0.2) is 29.1 Å². The lowest BCUT2D eigenvalue weighted by atomic mass is 9.91. The van der Waals surface area contributed by atoms with E-state index in [4.69, 9.17) is 5.11 Å². The number of carbonyl (C=O) groups is 1. The quantitative estimate of drug-likeness (QED) is 0.845. The Kier molecular flexibility index (Phi) is 3.25. The van der Waals surface area contributed by atoms with E-state index in [1.54, 1.807) is 12.1 Å². The van der Waals surface area contributed by atoms with E-state index < -0.39 is 5.97 Å². The third-order valence-electron chi connectivity index (χ3n) is 3.30. The van der Waals surface area contributed by atoms with Gasteiger partial charge in [0.15, 0.2) is 0 Å². The Bertz CT molecular complexity index is 385. The molecule has 86 valence electrons. The Morgan fingerprint density at radius 2 is 2.25 bits per heavy atom. The first-order valence-electron chi connectivity index (χ1n) is 5.69. The molecule has 0 atom stereocenters. The number of aromatic carboxylic acids is 1. The Balaban J connectivity index is 2.02. The van der Waals surface area contributed by atoms with Crippen molar-refractivity contribution in [2.24, 2.45) is 0 Å². The van der Waals surface area contributed by atoms with E-state index in [1.165, 1.54) is 19.3 Å². The van der Waals surface area contributed by atoms with Crippen LogP contribution in [0.3, 0.4) is 0 Å². The van der Waals surface area contributed by atoms with Crippen LogP contribution in [0.4, 0.5) is 0 Å². The van der Waals surface area contributed by atoms with E-state index in [-0.39, 0.29) is 0 Å². The van der Waals surface area contributed by atoms with Crippen molar-refractivity contribution in [1.82, 2.24) is 4.90 Å². The van der Waals surface area contributed by atoms with Gasteiger partial charge in [-0.15, -0.1) is 0 Å². The molecule has 16 heavy (non-hydrogen) atoms. The largest absolute Gasteiger partial charge is 0.478 e. The summed E-state index contributed by atoms with van der Waals surface area (Å²) in [5, 5.41) is 8.90. The molecule has 0 amide bonds. The highest BCUT2D eigenvalue weighted by Crippen LogP contribution is 2.24. The number of hydrogen-bond acceptors (Lipinski definition) is 2. The summed E-state index contributed by atoms with van der Waals surface area (Å²) in [5.41, 5.74) is 1.45. The molecule has 0 spiro atoms. The summed E-state index contributed by atoms with van der Waals surface area (Å²) in [6, 6.07) is 7.88. The minimum absolute atomic E-state index is 0.375. The molecule has 0 heterocycles. The van der Waals surface area contributed by atoms with Gasteiger partial charge < -0.3 is 5.11 Å². The van der Waals surface area contributed by atoms with E-state index in [2.05, 4.69) is 11.9 Å². The number of carboxylic acids is 1. The van der Waals surface area contributed by atoms with Gasteiger partial charge >= 0.3 is 5.97 Å². The Morgan fingerprint density at radius 1 is 1.50 bits per heavy atom. The van der Waals surface area contributed by atoms with Crippen molar-refractivity contribution >= 4 is 5.97 Å². The zero-order valence-electron chi connectivity index (χ0n) is 9.52. The zero-order valence-corrected chi connectivity index (χ0v) is 9.52. The summed E-state index contributed by atoms with van der Waals surface area (Å²) in [6.45, 7) is 0.839. The van der Waals surface area contributed by atoms with Gasteiger partial charge in [0.05, 0.1) is 5.56 Å². The molecule has 0 unspecified atom stereocenters. The normalized spacial score (nSPS) is 16.1. The summed E-state index contributed by atoms with van der Waals surface area (Å²) >= 11 is 0. The van der Waals surface area contributed by atoms with Crippen LogP contribution in [0.5, 0.6) is 0 Å². The maximum Gasteiger partial charge on any atom is 0.335 e. The maximum atomic E-state index is 10.8. The molecule has 0 bridgehead atoms. The monoisotopic (exact) mass is 219 g/mol. The van der Waals surface area contributed by atoms with Gasteiger partial charge in [0.1, 0.15) is 0 Å². The molecule has 1 fully saturated rings. The minimum Gasteiger partial charge on any atom is -0.478 e. The molecule has 3 heteroatoms. The molecular weight excluding hydrogens is 202 g/mol. The fraction of sp³-hybridized carbons (Fsp3) is 0.462. The number of rotatable bonds is 4. The van der Waals surface area contributed by atoms with Crippen LogP contribution in [-0.2, 0) is 6.54 Å². The Morgan fingerprint density at radius 3 is 2.81 bits per heavy atom. The van der Waals surface area contributed by atoms with Crippen LogP contribution in [0.15, 0.2) is 24.3 Å². The fourth-order valence-corrected chi connectivity index (χ4v) is 2.05. The van der Waals surface area contributed by atoms with Gasteiger partial charge in [0.2, 0.25) is 0 Å². The molecule has 1 saturated carbocycles. The number of carboxylic acid groups (broad SMARTS) is 1. The molecule has 0 saturated heterocycles. The van der Waals surface area contributed by atoms with Crippen molar-refractivity contribution in [3.8, 4) is 0 Å². The smallest absolute Gasteiger partial charge is 0.335 e. The second kappa shape index (κ2) is 4.66. The van der Waals surface area contributed by atoms with Crippen LogP contribution in [0.25, 0.3) is 0 Å². The summed E-state index contributed by atoms with van der Waals surface area (Å²) < 4.78 is 0. The van der Waals surface area contributed by atoms with E-state index in [9.17, 15) is 4.79 Å². The van der Waals surface area contributed by atoms with Gasteiger partial charge in [-0.2, -0.15) is 0 Å². The molecule has 1 aromatic rings. The van der Waals surface area contributed by atoms with E-state index in [0.717, 1.165) is 12.1 Å². The fourth-order valence-electron chi connectivity index (χ4n) is 2.05. The SMILES string of the molecule is CN(Cc1cccc(C(=O)O)c1)C1CCC1. The zero-order chi connectivity index (χ0) is 11.5. The van der Waals surface area contributed by atoms with Gasteiger partial charge in [0, 0.05) is 12.6 Å². The molecule has 1 aliphatic rings. The highest BCUT2D eigenvalue weighted by atomic mass is 16.4. The van der Waals surface area contributed by atoms with Gasteiger partial charge in [-0.25, -0.2) is 4.79 Å². The molecule has 2 rings (SSSR count). The van der Waals surface area contributed by atoms with Crippen LogP contribution in [0, 0.1) is 0 Å². The van der Waals surface area contributed by atoms with Crippen molar-refractivity contribution in [1.29, 1.82) is 0 Å². The Hall–Kier alpha value is -1.35. The van der Waals surface area contributed by atoms with Gasteiger partial charge in [0.25, 0.3) is 0 Å². The highest BCUT2D eigenvalue weighted by Gasteiger charge is 2.21. The minimum atomic E-state index is -0.854. The number of benzene rings is 1. The van der Waals surface area contributed by atoms with Crippen LogP contribution >= 0.6 is 0 Å². The highest BCUT2D eigenvalue weighted by molar-refractivity contribution is 5.87. The first kappa shape index (κ1) is 11.1. The maximum absolute atomic E-state index is 10.8. The summed E-state index contributed by atoms with van der Waals surface area (Å²) in [7, 11) is 2.11. The number of nitrogens with zero attached hydrogens (tertiary/aromatic N) is 1. The van der Waals surface area contributed by atoms with Crippen molar-refractivity contribution in [3.05, 3.63) is 35.4 Å². The summed E-state index contributed by atoms with van der Waals surface area (Å²) in [6.07, 6.45) is 3.87. The lowest BCUT2D eigenvalue weighted by molar-refractivity contribution is 0.0696. The molecule has 0 aliphatic heterocycles. The van der Waals surface area contributed by atoms with E-state index >= 15 is 0 Å². The van der Waals surface area contributed by atoms with Crippen molar-refractivity contribution < 1.29 is 9.90 Å². The van der Waals surface area contributed by atoms with E-state index in [1.807, 2.05) is 12.1 Å². The third kappa shape index (κ3) is 2.42. The first-order chi connectivity index (χ1) is 7.66. The van der Waals surface area contributed by atoms with Crippen LogP contribution in [0.1, 0.15) is 35.2 Å². The standard InChI is InChI=1S/C13H17NO2/c1-14(12-6-3-7-12)9-10-4-2-5-11(8-10)13(15)16/h2,4-5,8,12H,3,6-7,9H2,1H3,(H,15,16). The average Bonchev–Trinajstić information content (AvgIpc) is 2.15.